The van der Waals surface area contributed by atoms with Crippen molar-refractivity contribution in [2.24, 2.45) is 0 Å². The maximum Gasteiger partial charge on any atom is 0.321 e. The highest BCUT2D eigenvalue weighted by molar-refractivity contribution is 7.99. The maximum atomic E-state index is 10.5. The van der Waals surface area contributed by atoms with Crippen LogP contribution in [0.5, 0.6) is 0 Å². The van der Waals surface area contributed by atoms with E-state index < -0.39 is 11.9 Å². The van der Waals surface area contributed by atoms with Gasteiger partial charge in [-0.05, 0) is 0 Å². The normalized spacial score (nSPS) is 9.38. The number of hydrogen-bond donors (Lipinski definition) is 0. The number of esters is 2. The van der Waals surface area contributed by atoms with Gasteiger partial charge < -0.3 is 9.47 Å². The van der Waals surface area contributed by atoms with Crippen LogP contribution in [-0.2, 0) is 19.1 Å². The van der Waals surface area contributed by atoms with E-state index in [4.69, 9.17) is 23.2 Å². The average Bonchev–Trinajstić information content (AvgIpc) is 2.16. The summed E-state index contributed by atoms with van der Waals surface area (Å²) in [6.07, 6.45) is 0. The molecule has 0 fully saturated rings. The van der Waals surface area contributed by atoms with Crippen molar-refractivity contribution in [1.82, 2.24) is 0 Å². The maximum absolute atomic E-state index is 10.5. The highest BCUT2D eigenvalue weighted by Gasteiger charge is 2.01. The van der Waals surface area contributed by atoms with Crippen LogP contribution >= 0.6 is 35.0 Å². The molecule has 0 N–H and O–H groups in total. The van der Waals surface area contributed by atoms with E-state index >= 15 is 0 Å². The number of ether oxygens (including phenoxy) is 2. The standard InChI is InChI=1S/C6H8Cl2O4S/c7-1-5(9)11-3-13-4-12-6(10)2-8/h1-4H2. The molecule has 0 atom stereocenters. The molecule has 4 nitrogen and oxygen atoms in total. The molecular formula is C6H8Cl2O4S. The summed E-state index contributed by atoms with van der Waals surface area (Å²) in [5.74, 6) is -1.14. The second-order valence-electron chi connectivity index (χ2n) is 1.74. The molecule has 76 valence electrons. The molecule has 0 spiro atoms. The Labute approximate surface area is 89.8 Å². The van der Waals surface area contributed by atoms with Crippen LogP contribution < -0.4 is 0 Å². The highest BCUT2D eigenvalue weighted by Crippen LogP contribution is 2.02. The van der Waals surface area contributed by atoms with Crippen LogP contribution in [-0.4, -0.2) is 35.6 Å². The van der Waals surface area contributed by atoms with Gasteiger partial charge >= 0.3 is 11.9 Å². The SMILES string of the molecule is O=C(CCl)OCSCOC(=O)CCl. The molecular weight excluding hydrogens is 239 g/mol. The molecule has 0 saturated heterocycles. The van der Waals surface area contributed by atoms with E-state index in [-0.39, 0.29) is 23.6 Å². The van der Waals surface area contributed by atoms with Crippen LogP contribution in [0.3, 0.4) is 0 Å². The number of carbonyl (C=O) groups is 2. The molecule has 0 unspecified atom stereocenters. The molecule has 0 aromatic rings. The Morgan fingerprint density at radius 1 is 1.00 bits per heavy atom. The molecule has 0 heterocycles. The zero-order chi connectivity index (χ0) is 10.1. The monoisotopic (exact) mass is 246 g/mol. The molecule has 0 amide bonds. The van der Waals surface area contributed by atoms with Crippen molar-refractivity contribution in [3.05, 3.63) is 0 Å². The molecule has 0 radical (unpaired) electrons. The molecule has 0 rings (SSSR count). The fraction of sp³-hybridized carbons (Fsp3) is 0.667. The van der Waals surface area contributed by atoms with Crippen molar-refractivity contribution in [3.63, 3.8) is 0 Å². The van der Waals surface area contributed by atoms with Crippen molar-refractivity contribution in [2.45, 2.75) is 0 Å². The largest absolute Gasteiger partial charge is 0.454 e. The summed E-state index contributed by atoms with van der Waals surface area (Å²) in [6.45, 7) is 0. The molecule has 0 aliphatic rings. The van der Waals surface area contributed by atoms with Crippen molar-refractivity contribution >= 4 is 46.9 Å². The zero-order valence-electron chi connectivity index (χ0n) is 6.63. The number of thioether (sulfide) groups is 1. The first-order valence-electron chi connectivity index (χ1n) is 3.21. The van der Waals surface area contributed by atoms with E-state index in [2.05, 4.69) is 9.47 Å². The Morgan fingerprint density at radius 2 is 1.38 bits per heavy atom. The van der Waals surface area contributed by atoms with Crippen LogP contribution in [0.15, 0.2) is 0 Å². The topological polar surface area (TPSA) is 52.6 Å². The summed E-state index contributed by atoms with van der Waals surface area (Å²) in [4.78, 5) is 20.9. The van der Waals surface area contributed by atoms with Crippen LogP contribution in [0.2, 0.25) is 0 Å². The van der Waals surface area contributed by atoms with Gasteiger partial charge in [-0.2, -0.15) is 0 Å². The quantitative estimate of drug-likeness (QED) is 0.305. The summed E-state index contributed by atoms with van der Waals surface area (Å²) in [7, 11) is 0. The second-order valence-corrected chi connectivity index (χ2v) is 3.15. The lowest BCUT2D eigenvalue weighted by molar-refractivity contribution is -0.138. The van der Waals surface area contributed by atoms with E-state index in [1.165, 1.54) is 0 Å². The van der Waals surface area contributed by atoms with Gasteiger partial charge in [0.05, 0.1) is 0 Å². The van der Waals surface area contributed by atoms with Gasteiger partial charge in [0.25, 0.3) is 0 Å². The summed E-state index contributed by atoms with van der Waals surface area (Å²) >= 11 is 11.4. The third kappa shape index (κ3) is 8.21. The lowest BCUT2D eigenvalue weighted by atomic mass is 10.8. The van der Waals surface area contributed by atoms with Gasteiger partial charge in [-0.3, -0.25) is 9.59 Å². The van der Waals surface area contributed by atoms with Gasteiger partial charge in [0, 0.05) is 0 Å². The number of alkyl halides is 2. The highest BCUT2D eigenvalue weighted by atomic mass is 35.5. The minimum absolute atomic E-state index is 0.112. The van der Waals surface area contributed by atoms with Crippen molar-refractivity contribution < 1.29 is 19.1 Å². The summed E-state index contributed by atoms with van der Waals surface area (Å²) < 4.78 is 9.15. The Bertz CT molecular complexity index is 158. The molecule has 0 bridgehead atoms. The average molecular weight is 247 g/mol. The van der Waals surface area contributed by atoms with Crippen molar-refractivity contribution in [1.29, 1.82) is 0 Å². The van der Waals surface area contributed by atoms with Crippen LogP contribution in [0.1, 0.15) is 0 Å². The number of rotatable bonds is 6. The first kappa shape index (κ1) is 12.9. The third-order valence-corrected chi connectivity index (χ3v) is 1.83. The van der Waals surface area contributed by atoms with Crippen molar-refractivity contribution in [3.8, 4) is 0 Å². The molecule has 7 heteroatoms. The molecule has 0 aromatic carbocycles. The third-order valence-electron chi connectivity index (χ3n) is 0.825. The molecule has 13 heavy (non-hydrogen) atoms. The fourth-order valence-corrected chi connectivity index (χ4v) is 0.978. The van der Waals surface area contributed by atoms with Gasteiger partial charge in [0.1, 0.15) is 23.6 Å². The van der Waals surface area contributed by atoms with Gasteiger partial charge in [0.2, 0.25) is 0 Å². The van der Waals surface area contributed by atoms with Crippen LogP contribution in [0.4, 0.5) is 0 Å². The van der Waals surface area contributed by atoms with Gasteiger partial charge in [-0.15, -0.1) is 23.2 Å². The number of carbonyl (C=O) groups excluding carboxylic acids is 2. The van der Waals surface area contributed by atoms with Crippen molar-refractivity contribution in [2.75, 3.05) is 23.6 Å². The second kappa shape index (κ2) is 8.47. The van der Waals surface area contributed by atoms with E-state index in [0.717, 1.165) is 11.8 Å². The smallest absolute Gasteiger partial charge is 0.321 e. The predicted molar refractivity (Wildman–Crippen MR) is 50.9 cm³/mol. The summed E-state index contributed by atoms with van der Waals surface area (Å²) in [5, 5.41) is 0. The van der Waals surface area contributed by atoms with E-state index in [0.29, 0.717) is 0 Å². The lowest BCUT2D eigenvalue weighted by Crippen LogP contribution is -2.08. The lowest BCUT2D eigenvalue weighted by Gasteiger charge is -2.02. The molecule has 0 saturated carbocycles. The minimum atomic E-state index is -0.502. The van der Waals surface area contributed by atoms with E-state index in [9.17, 15) is 9.59 Å². The van der Waals surface area contributed by atoms with Crippen LogP contribution in [0.25, 0.3) is 0 Å². The Kier molecular flexibility index (Phi) is 8.38. The predicted octanol–water partition coefficient (Wildman–Crippen LogP) is 1.20. The van der Waals surface area contributed by atoms with E-state index in [1.54, 1.807) is 0 Å². The summed E-state index contributed by atoms with van der Waals surface area (Å²) in [5.41, 5.74) is 0. The molecule has 0 aromatic heterocycles. The first-order valence-corrected chi connectivity index (χ1v) is 5.44. The zero-order valence-corrected chi connectivity index (χ0v) is 8.95. The van der Waals surface area contributed by atoms with Gasteiger partial charge in [0.15, 0.2) is 0 Å². The van der Waals surface area contributed by atoms with Gasteiger partial charge in [-0.25, -0.2) is 0 Å². The first-order chi connectivity index (χ1) is 6.20. The minimum Gasteiger partial charge on any atom is -0.454 e. The Morgan fingerprint density at radius 3 is 1.69 bits per heavy atom. The van der Waals surface area contributed by atoms with E-state index in [1.807, 2.05) is 0 Å². The molecule has 0 aliphatic heterocycles. The summed E-state index contributed by atoms with van der Waals surface area (Å²) in [6, 6.07) is 0. The van der Waals surface area contributed by atoms with Crippen LogP contribution in [0, 0.1) is 0 Å². The number of hydrogen-bond acceptors (Lipinski definition) is 5. The van der Waals surface area contributed by atoms with Gasteiger partial charge in [-0.1, -0.05) is 11.8 Å². The number of halogens is 2. The Balaban J connectivity index is 3.17. The Hall–Kier alpha value is -0.130. The molecule has 0 aliphatic carbocycles. The fourth-order valence-electron chi connectivity index (χ4n) is 0.326.